The minimum atomic E-state index is -0.559. The summed E-state index contributed by atoms with van der Waals surface area (Å²) in [5.74, 6) is 0.0839. The molecule has 1 atom stereocenters. The second-order valence-corrected chi connectivity index (χ2v) is 6.85. The highest BCUT2D eigenvalue weighted by molar-refractivity contribution is 5.93. The maximum absolute atomic E-state index is 11.7. The van der Waals surface area contributed by atoms with Crippen LogP contribution < -0.4 is 15.1 Å². The maximum atomic E-state index is 11.7. The molecular weight excluding hydrogens is 332 g/mol. The van der Waals surface area contributed by atoms with Crippen LogP contribution in [0.1, 0.15) is 28.4 Å². The molecule has 0 radical (unpaired) electrons. The first-order valence-electron chi connectivity index (χ1n) is 8.51. The van der Waals surface area contributed by atoms with E-state index in [1.165, 1.54) is 5.56 Å². The molecule has 0 bridgehead atoms. The standard InChI is InChI=1S/C20H24N2O4/c1-14-6-4-5-7-17(14)22-11-16-9-8-15(19(23)21-24)10-18(16)26-13-20(22,2)12-25-3/h4-10,24H,11-13H2,1-3H3,(H,21,23). The quantitative estimate of drug-likeness (QED) is 0.651. The van der Waals surface area contributed by atoms with Crippen LogP contribution >= 0.6 is 0 Å². The molecule has 2 aromatic rings. The molecule has 3 rings (SSSR count). The van der Waals surface area contributed by atoms with Gasteiger partial charge in [0.15, 0.2) is 0 Å². The average Bonchev–Trinajstić information content (AvgIpc) is 2.78. The first-order chi connectivity index (χ1) is 12.5. The van der Waals surface area contributed by atoms with Gasteiger partial charge < -0.3 is 14.4 Å². The number of amides is 1. The zero-order chi connectivity index (χ0) is 18.7. The molecule has 6 nitrogen and oxygen atoms in total. The van der Waals surface area contributed by atoms with Crippen molar-refractivity contribution in [3.8, 4) is 5.75 Å². The lowest BCUT2D eigenvalue weighted by molar-refractivity contribution is 0.0705. The molecule has 0 aliphatic carbocycles. The highest BCUT2D eigenvalue weighted by Crippen LogP contribution is 2.35. The largest absolute Gasteiger partial charge is 0.491 e. The zero-order valence-electron chi connectivity index (χ0n) is 15.3. The molecule has 26 heavy (non-hydrogen) atoms. The number of anilines is 1. The van der Waals surface area contributed by atoms with Crippen molar-refractivity contribution in [2.75, 3.05) is 25.2 Å². The van der Waals surface area contributed by atoms with E-state index in [4.69, 9.17) is 14.7 Å². The van der Waals surface area contributed by atoms with E-state index < -0.39 is 5.91 Å². The van der Waals surface area contributed by atoms with Crippen molar-refractivity contribution < 1.29 is 19.5 Å². The number of para-hydroxylation sites is 1. The van der Waals surface area contributed by atoms with E-state index in [0.717, 1.165) is 11.3 Å². The monoisotopic (exact) mass is 356 g/mol. The number of hydrogen-bond donors (Lipinski definition) is 2. The number of nitrogens with zero attached hydrogens (tertiary/aromatic N) is 1. The lowest BCUT2D eigenvalue weighted by Gasteiger charge is -2.41. The minimum absolute atomic E-state index is 0.351. The second kappa shape index (κ2) is 7.35. The van der Waals surface area contributed by atoms with E-state index in [1.54, 1.807) is 24.7 Å². The molecule has 1 amide bonds. The number of rotatable bonds is 4. The summed E-state index contributed by atoms with van der Waals surface area (Å²) in [7, 11) is 1.68. The van der Waals surface area contributed by atoms with Gasteiger partial charge in [-0.15, -0.1) is 0 Å². The molecule has 0 spiro atoms. The molecule has 6 heteroatoms. The van der Waals surface area contributed by atoms with Crippen molar-refractivity contribution in [2.45, 2.75) is 25.9 Å². The molecule has 138 valence electrons. The molecule has 0 fully saturated rings. The minimum Gasteiger partial charge on any atom is -0.491 e. The van der Waals surface area contributed by atoms with Gasteiger partial charge in [-0.05, 0) is 37.6 Å². The smallest absolute Gasteiger partial charge is 0.274 e. The van der Waals surface area contributed by atoms with E-state index in [-0.39, 0.29) is 5.54 Å². The lowest BCUT2D eigenvalue weighted by atomic mass is 9.99. The van der Waals surface area contributed by atoms with Crippen molar-refractivity contribution in [2.24, 2.45) is 0 Å². The Balaban J connectivity index is 2.04. The fourth-order valence-corrected chi connectivity index (χ4v) is 3.37. The van der Waals surface area contributed by atoms with Crippen LogP contribution in [0.4, 0.5) is 5.69 Å². The number of carbonyl (C=O) groups is 1. The Morgan fingerprint density at radius 3 is 2.81 bits per heavy atom. The Hall–Kier alpha value is -2.57. The number of carbonyl (C=O) groups excluding carboxylic acids is 1. The van der Waals surface area contributed by atoms with Crippen LogP contribution in [0.3, 0.4) is 0 Å². The molecule has 2 N–H and O–H groups in total. The Labute approximate surface area is 153 Å². The van der Waals surface area contributed by atoms with Gasteiger partial charge in [-0.25, -0.2) is 5.48 Å². The molecule has 0 saturated carbocycles. The first kappa shape index (κ1) is 18.2. The molecule has 0 saturated heterocycles. The number of nitrogens with one attached hydrogen (secondary N) is 1. The number of hydroxylamine groups is 1. The Kier molecular flexibility index (Phi) is 5.15. The van der Waals surface area contributed by atoms with E-state index in [9.17, 15) is 4.79 Å². The summed E-state index contributed by atoms with van der Waals surface area (Å²) >= 11 is 0. The number of aryl methyl sites for hydroxylation is 1. The third-order valence-corrected chi connectivity index (χ3v) is 4.81. The van der Waals surface area contributed by atoms with Gasteiger partial charge in [0, 0.05) is 30.5 Å². The summed E-state index contributed by atoms with van der Waals surface area (Å²) in [6.07, 6.45) is 0. The first-order valence-corrected chi connectivity index (χ1v) is 8.51. The molecule has 1 aliphatic rings. The van der Waals surface area contributed by atoms with Gasteiger partial charge in [0.1, 0.15) is 12.4 Å². The summed E-state index contributed by atoms with van der Waals surface area (Å²) in [4.78, 5) is 14.0. The summed E-state index contributed by atoms with van der Waals surface area (Å²) in [5.41, 5.74) is 4.91. The maximum Gasteiger partial charge on any atom is 0.274 e. The van der Waals surface area contributed by atoms with Gasteiger partial charge in [0.2, 0.25) is 0 Å². The van der Waals surface area contributed by atoms with Crippen LogP contribution in [0.5, 0.6) is 5.75 Å². The number of ether oxygens (including phenoxy) is 2. The molecule has 1 heterocycles. The van der Waals surface area contributed by atoms with Gasteiger partial charge in [0.25, 0.3) is 5.91 Å². The number of hydrogen-bond acceptors (Lipinski definition) is 5. The van der Waals surface area contributed by atoms with E-state index in [0.29, 0.717) is 31.1 Å². The highest BCUT2D eigenvalue weighted by Gasteiger charge is 2.37. The molecular formula is C20H24N2O4. The van der Waals surface area contributed by atoms with Crippen molar-refractivity contribution >= 4 is 11.6 Å². The fraction of sp³-hybridized carbons (Fsp3) is 0.350. The summed E-state index contributed by atoms with van der Waals surface area (Å²) < 4.78 is 11.6. The zero-order valence-corrected chi connectivity index (χ0v) is 15.3. The SMILES string of the molecule is COCC1(C)COc2cc(C(=O)NO)ccc2CN1c1ccccc1C. The molecule has 2 aromatic carbocycles. The average molecular weight is 356 g/mol. The summed E-state index contributed by atoms with van der Waals surface area (Å²) in [6.45, 7) is 5.73. The highest BCUT2D eigenvalue weighted by atomic mass is 16.5. The van der Waals surface area contributed by atoms with Crippen LogP contribution in [-0.2, 0) is 11.3 Å². The molecule has 0 aromatic heterocycles. The van der Waals surface area contributed by atoms with Gasteiger partial charge in [-0.1, -0.05) is 24.3 Å². The van der Waals surface area contributed by atoms with Gasteiger partial charge in [-0.2, -0.15) is 0 Å². The molecule has 1 aliphatic heterocycles. The van der Waals surface area contributed by atoms with Crippen LogP contribution in [0.25, 0.3) is 0 Å². The normalized spacial score (nSPS) is 19.3. The van der Waals surface area contributed by atoms with Gasteiger partial charge in [-0.3, -0.25) is 10.0 Å². The van der Waals surface area contributed by atoms with Crippen LogP contribution in [0, 0.1) is 6.92 Å². The van der Waals surface area contributed by atoms with Crippen LogP contribution in [-0.4, -0.2) is 37.0 Å². The third kappa shape index (κ3) is 3.38. The van der Waals surface area contributed by atoms with Gasteiger partial charge >= 0.3 is 0 Å². The topological polar surface area (TPSA) is 71.0 Å². The number of benzene rings is 2. The van der Waals surface area contributed by atoms with Crippen molar-refractivity contribution in [1.29, 1.82) is 0 Å². The van der Waals surface area contributed by atoms with E-state index in [2.05, 4.69) is 30.9 Å². The Morgan fingerprint density at radius 1 is 1.35 bits per heavy atom. The summed E-state index contributed by atoms with van der Waals surface area (Å²) in [5, 5.41) is 8.86. The second-order valence-electron chi connectivity index (χ2n) is 6.85. The predicted molar refractivity (Wildman–Crippen MR) is 98.8 cm³/mol. The summed E-state index contributed by atoms with van der Waals surface area (Å²) in [6, 6.07) is 13.4. The van der Waals surface area contributed by atoms with Crippen LogP contribution in [0.2, 0.25) is 0 Å². The van der Waals surface area contributed by atoms with Crippen molar-refractivity contribution in [3.05, 3.63) is 59.2 Å². The van der Waals surface area contributed by atoms with Crippen molar-refractivity contribution in [1.82, 2.24) is 5.48 Å². The Bertz CT molecular complexity index is 808. The van der Waals surface area contributed by atoms with E-state index in [1.807, 2.05) is 18.2 Å². The lowest BCUT2D eigenvalue weighted by Crippen LogP contribution is -2.53. The predicted octanol–water partition coefficient (Wildman–Crippen LogP) is 2.92. The third-order valence-electron chi connectivity index (χ3n) is 4.81. The van der Waals surface area contributed by atoms with Gasteiger partial charge in [0.05, 0.1) is 12.1 Å². The number of methoxy groups -OCH3 is 1. The van der Waals surface area contributed by atoms with E-state index >= 15 is 0 Å². The van der Waals surface area contributed by atoms with Crippen LogP contribution in [0.15, 0.2) is 42.5 Å². The van der Waals surface area contributed by atoms with Crippen molar-refractivity contribution in [3.63, 3.8) is 0 Å². The molecule has 1 unspecified atom stereocenters. The fourth-order valence-electron chi connectivity index (χ4n) is 3.37. The Morgan fingerprint density at radius 2 is 2.12 bits per heavy atom. The number of fused-ring (bicyclic) bond motifs is 1.